The number of rotatable bonds is 29. The number of nitrogens with zero attached hydrogens (tertiary/aromatic N) is 2. The summed E-state index contributed by atoms with van der Waals surface area (Å²) < 4.78 is 41.3. The van der Waals surface area contributed by atoms with E-state index >= 15 is 4.79 Å². The molecule has 0 spiro atoms. The van der Waals surface area contributed by atoms with E-state index in [1.54, 1.807) is 24.3 Å². The fourth-order valence-corrected chi connectivity index (χ4v) is 10.7. The van der Waals surface area contributed by atoms with Gasteiger partial charge in [0.25, 0.3) is 0 Å². The molecule has 10 nitrogen and oxygen atoms in total. The van der Waals surface area contributed by atoms with Gasteiger partial charge in [-0.2, -0.15) is 0 Å². The van der Waals surface area contributed by atoms with Gasteiger partial charge in [0.1, 0.15) is 30.0 Å². The van der Waals surface area contributed by atoms with E-state index in [1.807, 2.05) is 17.0 Å². The number of ether oxygens (including phenoxy) is 4. The number of benzene rings is 2. The lowest BCUT2D eigenvalue weighted by Gasteiger charge is -2.60. The van der Waals surface area contributed by atoms with Crippen LogP contribution in [0.2, 0.25) is 0 Å². The first-order valence-electron chi connectivity index (χ1n) is 25.0. The van der Waals surface area contributed by atoms with Gasteiger partial charge in [-0.05, 0) is 98.2 Å². The third-order valence-corrected chi connectivity index (χ3v) is 13.9. The average molecular weight is 901 g/mol. The molecule has 1 saturated carbocycles. The van der Waals surface area contributed by atoms with E-state index in [0.717, 1.165) is 93.0 Å². The van der Waals surface area contributed by atoms with Crippen molar-refractivity contribution in [3.63, 3.8) is 0 Å². The normalized spacial score (nSPS) is 25.2. The minimum atomic E-state index is -1.40. The Kier molecular flexibility index (Phi) is 20.4. The molecule has 2 aromatic rings. The Morgan fingerprint density at radius 1 is 0.908 bits per heavy atom. The highest BCUT2D eigenvalue weighted by Crippen LogP contribution is 2.62. The van der Waals surface area contributed by atoms with Gasteiger partial charge in [-0.15, -0.1) is 6.58 Å². The number of halogens is 1. The van der Waals surface area contributed by atoms with E-state index in [-0.39, 0.29) is 62.3 Å². The molecule has 0 aromatic heterocycles. The molecular weight excluding hydrogens is 824 g/mol. The second-order valence-corrected chi connectivity index (χ2v) is 18.5. The summed E-state index contributed by atoms with van der Waals surface area (Å²) in [6.45, 7) is 11.7. The van der Waals surface area contributed by atoms with Gasteiger partial charge in [0, 0.05) is 50.5 Å². The van der Waals surface area contributed by atoms with Crippen LogP contribution in [-0.2, 0) is 25.7 Å². The quantitative estimate of drug-likeness (QED) is 0.0471. The topological polar surface area (TPSA) is 119 Å². The fraction of sp³-hybridized carbons (Fsp3) is 0.630. The molecule has 4 aliphatic rings. The van der Waals surface area contributed by atoms with Crippen molar-refractivity contribution in [1.82, 2.24) is 4.90 Å². The van der Waals surface area contributed by atoms with Crippen LogP contribution < -0.4 is 9.47 Å². The van der Waals surface area contributed by atoms with Crippen molar-refractivity contribution in [2.24, 2.45) is 22.9 Å². The number of carbonyl (C=O) groups excluding carboxylic acids is 1. The summed E-state index contributed by atoms with van der Waals surface area (Å²) in [5, 5.41) is 25.0. The predicted octanol–water partition coefficient (Wildman–Crippen LogP) is 11.5. The Balaban J connectivity index is 1.50. The highest BCUT2D eigenvalue weighted by atomic mass is 19.1. The number of oxime groups is 1. The van der Waals surface area contributed by atoms with Crippen LogP contribution in [0.4, 0.5) is 4.39 Å². The van der Waals surface area contributed by atoms with Crippen LogP contribution in [0.15, 0.2) is 84.6 Å². The third kappa shape index (κ3) is 13.3. The summed E-state index contributed by atoms with van der Waals surface area (Å²) in [7, 11) is 0. The van der Waals surface area contributed by atoms with Gasteiger partial charge in [-0.1, -0.05) is 113 Å². The Labute approximate surface area is 388 Å². The highest BCUT2D eigenvalue weighted by Gasteiger charge is 2.65. The molecule has 2 aliphatic heterocycles. The molecule has 0 radical (unpaired) electrons. The fourth-order valence-electron chi connectivity index (χ4n) is 10.7. The molecule has 6 rings (SSSR count). The lowest BCUT2D eigenvalue weighted by molar-refractivity contribution is -0.258. The first-order valence-corrected chi connectivity index (χ1v) is 25.0. The van der Waals surface area contributed by atoms with Crippen LogP contribution in [0.1, 0.15) is 152 Å². The summed E-state index contributed by atoms with van der Waals surface area (Å²) >= 11 is 0. The number of fused-ring (bicyclic) bond motifs is 2. The number of carbonyl (C=O) groups is 1. The van der Waals surface area contributed by atoms with Gasteiger partial charge in [-0.25, -0.2) is 4.39 Å². The number of allylic oxidation sites excluding steroid dienone is 1. The maximum absolute atomic E-state index is 15.1. The Morgan fingerprint density at radius 2 is 1.63 bits per heavy atom. The Hall–Kier alpha value is -4.03. The van der Waals surface area contributed by atoms with E-state index in [1.165, 1.54) is 44.2 Å². The summed E-state index contributed by atoms with van der Waals surface area (Å²) in [6, 6.07) is 11.7. The summed E-state index contributed by atoms with van der Waals surface area (Å²) in [5.74, 6) is -0.890. The van der Waals surface area contributed by atoms with Crippen LogP contribution in [0, 0.1) is 23.6 Å². The van der Waals surface area contributed by atoms with E-state index in [4.69, 9.17) is 28.9 Å². The molecule has 0 bridgehead atoms. The zero-order chi connectivity index (χ0) is 45.9. The first-order chi connectivity index (χ1) is 31.9. The van der Waals surface area contributed by atoms with Crippen molar-refractivity contribution in [1.29, 1.82) is 0 Å². The van der Waals surface area contributed by atoms with Crippen molar-refractivity contribution in [2.75, 3.05) is 33.0 Å². The number of hydrogen-bond donors (Lipinski definition) is 2. The zero-order valence-corrected chi connectivity index (χ0v) is 39.2. The molecule has 1 amide bonds. The Bertz CT molecular complexity index is 1850. The monoisotopic (exact) mass is 901 g/mol. The largest absolute Gasteiger partial charge is 0.490 e. The van der Waals surface area contributed by atoms with Crippen LogP contribution >= 0.6 is 0 Å². The standard InChI is InChI=1S/C54H77FN2O8/c1-4-7-8-9-10-11-12-13-14-23-50(60)57(39-40-25-27-42(55)28-26-40)49-38-47(56-65-51-24-17-20-35-62-51)45-36-41(21-15-18-31-58)44(22-16-19-32-59)52-46-37-43(61-33-5-2)29-30-48(46)64-54(49,53(45)52)63-34-6-3/h5-6,25-30,36-37,41,44,49,51-53,58-59H,2-4,7-24,31-35,38-39H2,1H3. The highest BCUT2D eigenvalue weighted by molar-refractivity contribution is 6.03. The van der Waals surface area contributed by atoms with Gasteiger partial charge < -0.3 is 38.9 Å². The van der Waals surface area contributed by atoms with Crippen LogP contribution in [0.3, 0.4) is 0 Å². The number of amides is 1. The van der Waals surface area contributed by atoms with Gasteiger partial charge in [0.05, 0.1) is 24.8 Å². The van der Waals surface area contributed by atoms with Crippen molar-refractivity contribution >= 4 is 11.6 Å². The van der Waals surface area contributed by atoms with Gasteiger partial charge in [0.15, 0.2) is 0 Å². The van der Waals surface area contributed by atoms with Gasteiger partial charge in [0.2, 0.25) is 18.0 Å². The van der Waals surface area contributed by atoms with Crippen molar-refractivity contribution < 1.29 is 43.2 Å². The van der Waals surface area contributed by atoms with E-state index < -0.39 is 24.0 Å². The molecule has 7 unspecified atom stereocenters. The minimum absolute atomic E-state index is 0.0246. The molecule has 65 heavy (non-hydrogen) atoms. The predicted molar refractivity (Wildman–Crippen MR) is 254 cm³/mol. The molecule has 11 heteroatoms. The van der Waals surface area contributed by atoms with E-state index in [2.05, 4.69) is 32.2 Å². The molecular formula is C54H77FN2O8. The molecule has 2 fully saturated rings. The molecule has 2 aliphatic carbocycles. The minimum Gasteiger partial charge on any atom is -0.490 e. The average Bonchev–Trinajstić information content (AvgIpc) is 3.32. The summed E-state index contributed by atoms with van der Waals surface area (Å²) in [6.07, 6.45) is 23.5. The van der Waals surface area contributed by atoms with Crippen molar-refractivity contribution in [3.8, 4) is 11.5 Å². The second kappa shape index (κ2) is 26.3. The van der Waals surface area contributed by atoms with Crippen molar-refractivity contribution in [3.05, 3.63) is 96.4 Å². The van der Waals surface area contributed by atoms with Gasteiger partial charge in [-0.3, -0.25) is 4.79 Å². The molecule has 2 N–H and O–H groups in total. The second-order valence-electron chi connectivity index (χ2n) is 18.5. The smallest absolute Gasteiger partial charge is 0.239 e. The number of unbranched alkanes of at least 4 members (excludes halogenated alkanes) is 10. The zero-order valence-electron chi connectivity index (χ0n) is 39.2. The molecule has 2 aromatic carbocycles. The molecule has 1 saturated heterocycles. The number of hydrogen-bond acceptors (Lipinski definition) is 9. The lowest BCUT2D eigenvalue weighted by Crippen LogP contribution is -2.70. The SMILES string of the molecule is C=CCOc1ccc2c(c1)C1C(CCCCO)C(CCCCO)C=C3C(=NOC4CCCCO4)CC(N(Cc4ccc(F)cc4)C(=O)CCCCCCCCCCC)C(OCC=C)(O2)C31. The number of aliphatic hydroxyl groups is 2. The number of aliphatic hydroxyl groups excluding tert-OH is 2. The van der Waals surface area contributed by atoms with Gasteiger partial charge >= 0.3 is 0 Å². The first kappa shape index (κ1) is 50.4. The molecule has 7 atom stereocenters. The van der Waals surface area contributed by atoms with Crippen molar-refractivity contribution in [2.45, 2.75) is 166 Å². The third-order valence-electron chi connectivity index (χ3n) is 13.9. The van der Waals surface area contributed by atoms with Crippen LogP contribution in [-0.4, -0.2) is 77.9 Å². The maximum Gasteiger partial charge on any atom is 0.239 e. The maximum atomic E-state index is 15.1. The van der Waals surface area contributed by atoms with Crippen LogP contribution in [0.25, 0.3) is 0 Å². The lowest BCUT2D eigenvalue weighted by atomic mass is 9.55. The summed E-state index contributed by atoms with van der Waals surface area (Å²) in [5.41, 5.74) is 3.48. The van der Waals surface area contributed by atoms with Crippen LogP contribution in [0.5, 0.6) is 11.5 Å². The molecule has 2 heterocycles. The van der Waals surface area contributed by atoms with E-state index in [0.29, 0.717) is 44.0 Å². The molecule has 358 valence electrons. The Morgan fingerprint density at radius 3 is 2.32 bits per heavy atom. The summed E-state index contributed by atoms with van der Waals surface area (Å²) in [4.78, 5) is 23.4. The van der Waals surface area contributed by atoms with E-state index in [9.17, 15) is 14.6 Å².